The van der Waals surface area contributed by atoms with Gasteiger partial charge in [0.05, 0.1) is 6.61 Å². The molecule has 0 spiro atoms. The molecule has 0 aromatic carbocycles. The van der Waals surface area contributed by atoms with Crippen LogP contribution in [-0.4, -0.2) is 82.5 Å². The summed E-state index contributed by atoms with van der Waals surface area (Å²) in [5, 5.41) is 19.6. The van der Waals surface area contributed by atoms with Crippen LogP contribution >= 0.6 is 0 Å². The van der Waals surface area contributed by atoms with Crippen LogP contribution in [0.1, 0.15) is 78.1 Å². The summed E-state index contributed by atoms with van der Waals surface area (Å²) in [6.45, 7) is 10.3. The van der Waals surface area contributed by atoms with Crippen LogP contribution in [0.15, 0.2) is 12.2 Å². The first-order chi connectivity index (χ1) is 14.0. The largest absolute Gasteiger partial charge is 0.870 e. The number of hydrogen-bond donors (Lipinski definition) is 2. The third kappa shape index (κ3) is 11.7. The number of ether oxygens (including phenoxy) is 1. The molecule has 1 heterocycles. The van der Waals surface area contributed by atoms with Crippen molar-refractivity contribution < 1.29 is 29.8 Å². The van der Waals surface area contributed by atoms with Crippen LogP contribution in [0.25, 0.3) is 0 Å². The van der Waals surface area contributed by atoms with E-state index in [1.807, 2.05) is 0 Å². The molecule has 0 aliphatic carbocycles. The van der Waals surface area contributed by atoms with Gasteiger partial charge < -0.3 is 20.4 Å². The molecular weight excluding hydrogens is 384 g/mol. The molecule has 0 radical (unpaired) electrons. The van der Waals surface area contributed by atoms with Crippen molar-refractivity contribution in [2.75, 3.05) is 39.4 Å². The smallest absolute Gasteiger partial charge is 0.333 e. The van der Waals surface area contributed by atoms with Crippen LogP contribution in [0, 0.1) is 0 Å². The highest BCUT2D eigenvalue weighted by atomic mass is 16.5. The first-order valence-electron chi connectivity index (χ1n) is 11.5. The second-order valence-corrected chi connectivity index (χ2v) is 8.18. The van der Waals surface area contributed by atoms with Gasteiger partial charge in [0.15, 0.2) is 0 Å². The van der Waals surface area contributed by atoms with Crippen molar-refractivity contribution >= 4 is 11.8 Å². The molecule has 7 heteroatoms. The summed E-state index contributed by atoms with van der Waals surface area (Å²) >= 11 is 0. The average Bonchev–Trinajstić information content (AvgIpc) is 3.06. The standard InChI is InChI=1S/C23H43N2O4.H2O/c1-4-5-6-7-8-9-10-11-12-13-22-24(16-17-26)14-15-25(22)18-21(27)19-29-23(28)20(2)3;/h21,26-27H,2,4-19H2,1,3H3;1H2/q+1;/p-1. The van der Waals surface area contributed by atoms with Gasteiger partial charge in [-0.25, -0.2) is 4.79 Å². The van der Waals surface area contributed by atoms with E-state index >= 15 is 0 Å². The lowest BCUT2D eigenvalue weighted by Gasteiger charge is -2.14. The minimum Gasteiger partial charge on any atom is -0.870 e. The maximum atomic E-state index is 11.5. The van der Waals surface area contributed by atoms with Crippen LogP contribution in [0.4, 0.5) is 0 Å². The minimum absolute atomic E-state index is 0. The Morgan fingerprint density at radius 2 is 1.77 bits per heavy atom. The Labute approximate surface area is 182 Å². The van der Waals surface area contributed by atoms with Crippen molar-refractivity contribution in [3.8, 4) is 0 Å². The molecule has 1 aliphatic rings. The van der Waals surface area contributed by atoms with Crippen molar-refractivity contribution in [1.29, 1.82) is 0 Å². The number of hydrogen-bond acceptors (Lipinski definition) is 6. The summed E-state index contributed by atoms with van der Waals surface area (Å²) in [6.07, 6.45) is 11.9. The Hall–Kier alpha value is -1.44. The van der Waals surface area contributed by atoms with Gasteiger partial charge in [-0.1, -0.05) is 64.9 Å². The second-order valence-electron chi connectivity index (χ2n) is 8.18. The van der Waals surface area contributed by atoms with E-state index in [4.69, 9.17) is 4.74 Å². The molecule has 0 saturated heterocycles. The summed E-state index contributed by atoms with van der Waals surface area (Å²) in [5.74, 6) is 0.735. The minimum atomic E-state index is -0.731. The summed E-state index contributed by atoms with van der Waals surface area (Å²) in [4.78, 5) is 13.7. The number of aliphatic hydroxyl groups excluding tert-OH is 2. The fourth-order valence-corrected chi connectivity index (χ4v) is 3.77. The van der Waals surface area contributed by atoms with E-state index in [1.54, 1.807) is 6.92 Å². The molecule has 30 heavy (non-hydrogen) atoms. The number of rotatable bonds is 17. The lowest BCUT2D eigenvalue weighted by atomic mass is 10.1. The molecule has 0 fully saturated rings. The average molecular weight is 429 g/mol. The molecule has 1 aliphatic heterocycles. The highest BCUT2D eigenvalue weighted by molar-refractivity contribution is 5.86. The maximum absolute atomic E-state index is 11.5. The Bertz CT molecular complexity index is 522. The van der Waals surface area contributed by atoms with Gasteiger partial charge in [0.25, 0.3) is 0 Å². The van der Waals surface area contributed by atoms with Gasteiger partial charge >= 0.3 is 5.97 Å². The highest BCUT2D eigenvalue weighted by Gasteiger charge is 2.30. The second kappa shape index (κ2) is 17.3. The first kappa shape index (κ1) is 28.6. The zero-order valence-corrected chi connectivity index (χ0v) is 19.2. The number of nitrogens with zero attached hydrogens (tertiary/aromatic N) is 2. The van der Waals surface area contributed by atoms with Crippen molar-refractivity contribution in [2.24, 2.45) is 0 Å². The fraction of sp³-hybridized carbons (Fsp3) is 0.826. The lowest BCUT2D eigenvalue weighted by molar-refractivity contribution is -0.528. The summed E-state index contributed by atoms with van der Waals surface area (Å²) in [5.41, 5.74) is 0.338. The van der Waals surface area contributed by atoms with Gasteiger partial charge in [-0.2, -0.15) is 0 Å². The van der Waals surface area contributed by atoms with Crippen molar-refractivity contribution in [1.82, 2.24) is 4.90 Å². The van der Waals surface area contributed by atoms with Gasteiger partial charge in [-0.05, 0) is 13.3 Å². The zero-order chi connectivity index (χ0) is 21.5. The molecule has 0 aromatic rings. The quantitative estimate of drug-likeness (QED) is 0.160. The molecule has 1 unspecified atom stereocenters. The van der Waals surface area contributed by atoms with Crippen LogP contribution in [0.3, 0.4) is 0 Å². The van der Waals surface area contributed by atoms with E-state index in [0.717, 1.165) is 25.9 Å². The van der Waals surface area contributed by atoms with Crippen molar-refractivity contribution in [3.05, 3.63) is 12.2 Å². The third-order valence-electron chi connectivity index (χ3n) is 5.43. The van der Waals surface area contributed by atoms with Crippen LogP contribution < -0.4 is 0 Å². The Morgan fingerprint density at radius 1 is 1.17 bits per heavy atom. The van der Waals surface area contributed by atoms with E-state index < -0.39 is 12.1 Å². The van der Waals surface area contributed by atoms with Gasteiger partial charge in [-0.3, -0.25) is 9.48 Å². The normalized spacial score (nSPS) is 14.6. The molecule has 0 saturated carbocycles. The van der Waals surface area contributed by atoms with Gasteiger partial charge in [0.2, 0.25) is 5.84 Å². The van der Waals surface area contributed by atoms with E-state index in [2.05, 4.69) is 23.0 Å². The van der Waals surface area contributed by atoms with Crippen molar-refractivity contribution in [3.63, 3.8) is 0 Å². The molecule has 1 atom stereocenters. The van der Waals surface area contributed by atoms with Gasteiger partial charge in [0, 0.05) is 12.0 Å². The van der Waals surface area contributed by atoms with Crippen LogP contribution in [0.2, 0.25) is 0 Å². The van der Waals surface area contributed by atoms with Crippen LogP contribution in [-0.2, 0) is 9.53 Å². The summed E-state index contributed by atoms with van der Waals surface area (Å²) in [7, 11) is 0. The van der Waals surface area contributed by atoms with Crippen LogP contribution in [0.5, 0.6) is 0 Å². The highest BCUT2D eigenvalue weighted by Crippen LogP contribution is 2.14. The molecular formula is C23H44N2O5. The topological polar surface area (TPSA) is 103 Å². The molecule has 3 N–H and O–H groups in total. The van der Waals surface area contributed by atoms with Gasteiger partial charge in [-0.15, -0.1) is 0 Å². The van der Waals surface area contributed by atoms with E-state index in [1.165, 1.54) is 57.2 Å². The molecule has 1 rings (SSSR count). The number of carbonyl (C=O) groups excluding carboxylic acids is 1. The molecule has 176 valence electrons. The molecule has 0 aromatic heterocycles. The Kier molecular flexibility index (Phi) is 16.4. The SMILES string of the molecule is C=C(C)C(=O)OCC(O)C[N+]1=C(CCCCCCCCCCC)N(CCO)CC1.[OH-]. The van der Waals surface area contributed by atoms with Crippen molar-refractivity contribution in [2.45, 2.75) is 84.2 Å². The monoisotopic (exact) mass is 428 g/mol. The fourth-order valence-electron chi connectivity index (χ4n) is 3.77. The number of aliphatic hydroxyl groups is 2. The number of esters is 1. The first-order valence-corrected chi connectivity index (χ1v) is 11.5. The molecule has 0 bridgehead atoms. The number of unbranched alkanes of at least 4 members (excludes halogenated alkanes) is 8. The molecule has 7 nitrogen and oxygen atoms in total. The summed E-state index contributed by atoms with van der Waals surface area (Å²) < 4.78 is 7.25. The van der Waals surface area contributed by atoms with Gasteiger partial charge in [0.1, 0.15) is 38.9 Å². The Balaban J connectivity index is 0.00000841. The number of amidine groups is 1. The van der Waals surface area contributed by atoms with E-state index in [-0.39, 0.29) is 18.7 Å². The lowest BCUT2D eigenvalue weighted by Crippen LogP contribution is -2.35. The van der Waals surface area contributed by atoms with E-state index in [0.29, 0.717) is 18.7 Å². The summed E-state index contributed by atoms with van der Waals surface area (Å²) in [6, 6.07) is 0. The predicted molar refractivity (Wildman–Crippen MR) is 119 cm³/mol. The zero-order valence-electron chi connectivity index (χ0n) is 19.2. The number of β-amino-alcohol motifs (C(OH)–C–C–N with tert-alkyl or cyclic N) is 2. The van der Waals surface area contributed by atoms with E-state index in [9.17, 15) is 15.0 Å². The third-order valence-corrected chi connectivity index (χ3v) is 5.43. The number of carbonyl (C=O) groups is 1. The Morgan fingerprint density at radius 3 is 2.33 bits per heavy atom. The molecule has 0 amide bonds. The maximum Gasteiger partial charge on any atom is 0.333 e. The predicted octanol–water partition coefficient (Wildman–Crippen LogP) is 2.93.